The van der Waals surface area contributed by atoms with Crippen molar-refractivity contribution in [3.63, 3.8) is 0 Å². The third-order valence-corrected chi connectivity index (χ3v) is 6.24. The first-order valence-electron chi connectivity index (χ1n) is 5.90. The average molecular weight is 405 g/mol. The Kier molecular flexibility index (Phi) is 5.59. The van der Waals surface area contributed by atoms with E-state index in [4.69, 9.17) is 10.5 Å². The zero-order valence-corrected chi connectivity index (χ0v) is 14.5. The van der Waals surface area contributed by atoms with Crippen molar-refractivity contribution in [3.8, 4) is 0 Å². The van der Waals surface area contributed by atoms with Gasteiger partial charge < -0.3 is 10.5 Å². The number of thiophene rings is 1. The summed E-state index contributed by atoms with van der Waals surface area (Å²) in [4.78, 5) is 1.14. The fourth-order valence-electron chi connectivity index (χ4n) is 1.79. The minimum absolute atomic E-state index is 0.0796. The molecule has 0 amide bonds. The Morgan fingerprint density at radius 1 is 1.26 bits per heavy atom. The highest BCUT2D eigenvalue weighted by molar-refractivity contribution is 9.13. The quantitative estimate of drug-likeness (QED) is 0.795. The SMILES string of the molecule is COCCc1ccc(C(N)c2cc(Br)c(Br)s2)cc1. The lowest BCUT2D eigenvalue weighted by Gasteiger charge is -2.10. The highest BCUT2D eigenvalue weighted by Gasteiger charge is 2.13. The summed E-state index contributed by atoms with van der Waals surface area (Å²) in [7, 11) is 1.72. The van der Waals surface area contributed by atoms with Crippen LogP contribution in [0.2, 0.25) is 0 Å². The van der Waals surface area contributed by atoms with E-state index in [1.165, 1.54) is 5.56 Å². The maximum Gasteiger partial charge on any atom is 0.0843 e. The van der Waals surface area contributed by atoms with Gasteiger partial charge in [0, 0.05) is 16.5 Å². The summed E-state index contributed by atoms with van der Waals surface area (Å²) in [6.07, 6.45) is 0.933. The topological polar surface area (TPSA) is 35.2 Å². The first kappa shape index (κ1) is 15.2. The molecule has 0 aliphatic heterocycles. The maximum absolute atomic E-state index is 6.29. The summed E-state index contributed by atoms with van der Waals surface area (Å²) < 4.78 is 7.21. The van der Waals surface area contributed by atoms with E-state index in [1.54, 1.807) is 18.4 Å². The van der Waals surface area contributed by atoms with Crippen LogP contribution >= 0.6 is 43.2 Å². The van der Waals surface area contributed by atoms with Crippen molar-refractivity contribution in [1.29, 1.82) is 0 Å². The molecule has 0 aliphatic rings. The third-order valence-electron chi connectivity index (χ3n) is 2.90. The van der Waals surface area contributed by atoms with Crippen LogP contribution in [-0.4, -0.2) is 13.7 Å². The van der Waals surface area contributed by atoms with Crippen LogP contribution in [0.25, 0.3) is 0 Å². The molecular formula is C14H15Br2NOS. The van der Waals surface area contributed by atoms with E-state index in [0.717, 1.165) is 31.7 Å². The number of hydrogen-bond donors (Lipinski definition) is 1. The normalized spacial score (nSPS) is 12.6. The fourth-order valence-corrected chi connectivity index (χ4v) is 3.91. The molecule has 2 N–H and O–H groups in total. The lowest BCUT2D eigenvalue weighted by molar-refractivity contribution is 0.202. The van der Waals surface area contributed by atoms with E-state index in [-0.39, 0.29) is 6.04 Å². The molecule has 1 aromatic carbocycles. The largest absolute Gasteiger partial charge is 0.384 e. The van der Waals surface area contributed by atoms with Gasteiger partial charge in [0.25, 0.3) is 0 Å². The lowest BCUT2D eigenvalue weighted by atomic mass is 10.0. The summed E-state index contributed by atoms with van der Waals surface area (Å²) in [5.74, 6) is 0. The molecule has 0 radical (unpaired) electrons. The number of halogens is 2. The van der Waals surface area contributed by atoms with Crippen LogP contribution in [0, 0.1) is 0 Å². The van der Waals surface area contributed by atoms with Gasteiger partial charge in [-0.3, -0.25) is 0 Å². The number of methoxy groups -OCH3 is 1. The number of nitrogens with two attached hydrogens (primary N) is 1. The van der Waals surface area contributed by atoms with Crippen LogP contribution in [0.3, 0.4) is 0 Å². The maximum atomic E-state index is 6.29. The molecule has 1 aromatic heterocycles. The van der Waals surface area contributed by atoms with Crippen molar-refractivity contribution in [1.82, 2.24) is 0 Å². The standard InChI is InChI=1S/C14H15Br2NOS/c1-18-7-6-9-2-4-10(5-3-9)13(17)12-8-11(15)14(16)19-12/h2-5,8,13H,6-7,17H2,1H3. The first-order valence-corrected chi connectivity index (χ1v) is 8.30. The van der Waals surface area contributed by atoms with Crippen molar-refractivity contribution >= 4 is 43.2 Å². The van der Waals surface area contributed by atoms with E-state index in [9.17, 15) is 0 Å². The van der Waals surface area contributed by atoms with Crippen molar-refractivity contribution in [2.75, 3.05) is 13.7 Å². The van der Waals surface area contributed by atoms with Gasteiger partial charge in [-0.2, -0.15) is 0 Å². The summed E-state index contributed by atoms with van der Waals surface area (Å²) in [6.45, 7) is 0.746. The van der Waals surface area contributed by atoms with Gasteiger partial charge in [0.05, 0.1) is 16.4 Å². The number of rotatable bonds is 5. The van der Waals surface area contributed by atoms with Crippen LogP contribution in [-0.2, 0) is 11.2 Å². The molecule has 0 bridgehead atoms. The molecule has 0 fully saturated rings. The van der Waals surface area contributed by atoms with E-state index < -0.39 is 0 Å². The van der Waals surface area contributed by atoms with E-state index in [2.05, 4.69) is 62.2 Å². The second kappa shape index (κ2) is 6.99. The summed E-state index contributed by atoms with van der Waals surface area (Å²) in [6, 6.07) is 10.4. The molecule has 2 nitrogen and oxygen atoms in total. The molecule has 0 saturated carbocycles. The van der Waals surface area contributed by atoms with Crippen molar-refractivity contribution in [3.05, 3.63) is 54.6 Å². The van der Waals surface area contributed by atoms with Crippen LogP contribution in [0.1, 0.15) is 22.0 Å². The Labute approximate surface area is 134 Å². The molecule has 5 heteroatoms. The highest BCUT2D eigenvalue weighted by atomic mass is 79.9. The van der Waals surface area contributed by atoms with E-state index in [0.29, 0.717) is 0 Å². The molecule has 0 spiro atoms. The molecule has 1 unspecified atom stereocenters. The minimum Gasteiger partial charge on any atom is -0.384 e. The summed E-state index contributed by atoms with van der Waals surface area (Å²) in [5, 5.41) is 0. The van der Waals surface area contributed by atoms with Gasteiger partial charge in [0.1, 0.15) is 0 Å². The highest BCUT2D eigenvalue weighted by Crippen LogP contribution is 2.36. The fraction of sp³-hybridized carbons (Fsp3) is 0.286. The van der Waals surface area contributed by atoms with E-state index >= 15 is 0 Å². The van der Waals surface area contributed by atoms with Gasteiger partial charge in [-0.1, -0.05) is 24.3 Å². The van der Waals surface area contributed by atoms with Gasteiger partial charge in [-0.05, 0) is 55.5 Å². The number of ether oxygens (including phenoxy) is 1. The van der Waals surface area contributed by atoms with E-state index in [1.807, 2.05) is 0 Å². The molecule has 1 heterocycles. The predicted octanol–water partition coefficient (Wildman–Crippen LogP) is 4.51. The lowest BCUT2D eigenvalue weighted by Crippen LogP contribution is -2.10. The first-order chi connectivity index (χ1) is 9.11. The van der Waals surface area contributed by atoms with Gasteiger partial charge in [-0.25, -0.2) is 0 Å². The van der Waals surface area contributed by atoms with Crippen molar-refractivity contribution in [2.45, 2.75) is 12.5 Å². The molecule has 0 aliphatic carbocycles. The third kappa shape index (κ3) is 3.89. The summed E-state index contributed by atoms with van der Waals surface area (Å²) >= 11 is 8.65. The van der Waals surface area contributed by atoms with Crippen molar-refractivity contribution in [2.24, 2.45) is 5.73 Å². The van der Waals surface area contributed by atoms with Gasteiger partial charge in [0.15, 0.2) is 0 Å². The number of hydrogen-bond acceptors (Lipinski definition) is 3. The Bertz CT molecular complexity index is 519. The zero-order chi connectivity index (χ0) is 13.8. The Morgan fingerprint density at radius 2 is 1.95 bits per heavy atom. The van der Waals surface area contributed by atoms with Gasteiger partial charge in [0.2, 0.25) is 0 Å². The van der Waals surface area contributed by atoms with Crippen LogP contribution in [0.5, 0.6) is 0 Å². The molecular weight excluding hydrogens is 390 g/mol. The van der Waals surface area contributed by atoms with Crippen LogP contribution in [0.4, 0.5) is 0 Å². The van der Waals surface area contributed by atoms with Crippen LogP contribution < -0.4 is 5.73 Å². The molecule has 2 rings (SSSR count). The van der Waals surface area contributed by atoms with Crippen molar-refractivity contribution < 1.29 is 4.74 Å². The second-order valence-electron chi connectivity index (χ2n) is 4.23. The molecule has 1 atom stereocenters. The summed E-state index contributed by atoms with van der Waals surface area (Å²) in [5.41, 5.74) is 8.69. The molecule has 19 heavy (non-hydrogen) atoms. The Hall–Kier alpha value is -0.200. The minimum atomic E-state index is -0.0796. The molecule has 2 aromatic rings. The predicted molar refractivity (Wildman–Crippen MR) is 87.8 cm³/mol. The average Bonchev–Trinajstić information content (AvgIpc) is 2.76. The smallest absolute Gasteiger partial charge is 0.0843 e. The monoisotopic (exact) mass is 403 g/mol. The number of benzene rings is 1. The Morgan fingerprint density at radius 3 is 2.47 bits per heavy atom. The second-order valence-corrected chi connectivity index (χ2v) is 7.49. The molecule has 0 saturated heterocycles. The van der Waals surface area contributed by atoms with Gasteiger partial charge in [-0.15, -0.1) is 11.3 Å². The zero-order valence-electron chi connectivity index (χ0n) is 10.5. The Balaban J connectivity index is 2.13. The van der Waals surface area contributed by atoms with Crippen LogP contribution in [0.15, 0.2) is 38.6 Å². The van der Waals surface area contributed by atoms with Gasteiger partial charge >= 0.3 is 0 Å². The molecule has 102 valence electrons.